The summed E-state index contributed by atoms with van der Waals surface area (Å²) in [7, 11) is -1.74. The van der Waals surface area contributed by atoms with E-state index < -0.39 is 10.0 Å². The fourth-order valence-electron chi connectivity index (χ4n) is 4.02. The second-order valence-electron chi connectivity index (χ2n) is 6.59. The number of carbonyl (C=O) groups excluding carboxylic acids is 1. The predicted octanol–water partition coefficient (Wildman–Crippen LogP) is 2.24. The van der Waals surface area contributed by atoms with Crippen LogP contribution in [-0.4, -0.2) is 33.8 Å². The van der Waals surface area contributed by atoms with Gasteiger partial charge in [-0.05, 0) is 56.3 Å². The van der Waals surface area contributed by atoms with Crippen LogP contribution in [0.1, 0.15) is 44.9 Å². The Morgan fingerprint density at radius 3 is 2.68 bits per heavy atom. The van der Waals surface area contributed by atoms with E-state index in [2.05, 4.69) is 21.6 Å². The highest BCUT2D eigenvalue weighted by Crippen LogP contribution is 2.50. The molecular formula is C16H27NO4S. The highest BCUT2D eigenvalue weighted by molar-refractivity contribution is 7.88. The van der Waals surface area contributed by atoms with Crippen LogP contribution in [0.2, 0.25) is 0 Å². The molecule has 4 atom stereocenters. The van der Waals surface area contributed by atoms with Crippen LogP contribution in [0.4, 0.5) is 0 Å². The normalized spacial score (nSPS) is 31.0. The molecule has 2 saturated carbocycles. The van der Waals surface area contributed by atoms with Gasteiger partial charge in [-0.3, -0.25) is 4.79 Å². The van der Waals surface area contributed by atoms with Crippen molar-refractivity contribution in [2.75, 3.05) is 13.4 Å². The highest BCUT2D eigenvalue weighted by Gasteiger charge is 2.47. The van der Waals surface area contributed by atoms with E-state index in [-0.39, 0.29) is 12.0 Å². The number of sulfonamides is 1. The lowest BCUT2D eigenvalue weighted by molar-refractivity contribution is -0.140. The summed E-state index contributed by atoms with van der Waals surface area (Å²) in [5, 5.41) is 0. The molecule has 1 N–H and O–H groups in total. The van der Waals surface area contributed by atoms with E-state index in [9.17, 15) is 13.2 Å². The molecule has 0 aromatic carbocycles. The summed E-state index contributed by atoms with van der Waals surface area (Å²) in [5.74, 6) is 1.42. The number of methoxy groups -OCH3 is 1. The summed E-state index contributed by atoms with van der Waals surface area (Å²) >= 11 is 0. The van der Waals surface area contributed by atoms with Crippen molar-refractivity contribution in [1.82, 2.24) is 4.72 Å². The van der Waals surface area contributed by atoms with Crippen molar-refractivity contribution in [3.63, 3.8) is 0 Å². The summed E-state index contributed by atoms with van der Waals surface area (Å²) in [6.07, 6.45) is 12.1. The lowest BCUT2D eigenvalue weighted by atomic mass is 9.83. The van der Waals surface area contributed by atoms with Gasteiger partial charge in [-0.25, -0.2) is 13.1 Å². The Morgan fingerprint density at radius 1 is 1.27 bits per heavy atom. The molecule has 2 rings (SSSR count). The first-order chi connectivity index (χ1) is 10.4. The van der Waals surface area contributed by atoms with Gasteiger partial charge >= 0.3 is 5.97 Å². The van der Waals surface area contributed by atoms with Gasteiger partial charge in [-0.2, -0.15) is 0 Å². The smallest absolute Gasteiger partial charge is 0.305 e. The van der Waals surface area contributed by atoms with Crippen LogP contribution in [-0.2, 0) is 19.6 Å². The largest absolute Gasteiger partial charge is 0.469 e. The van der Waals surface area contributed by atoms with Gasteiger partial charge in [0, 0.05) is 12.5 Å². The minimum atomic E-state index is -3.14. The Morgan fingerprint density at radius 2 is 2.00 bits per heavy atom. The second-order valence-corrected chi connectivity index (χ2v) is 8.37. The maximum atomic E-state index is 11.5. The van der Waals surface area contributed by atoms with Crippen LogP contribution < -0.4 is 4.72 Å². The number of ether oxygens (including phenoxy) is 1. The zero-order valence-corrected chi connectivity index (χ0v) is 14.3. The quantitative estimate of drug-likeness (QED) is 0.421. The highest BCUT2D eigenvalue weighted by atomic mass is 32.2. The zero-order valence-electron chi connectivity index (χ0n) is 13.5. The minimum Gasteiger partial charge on any atom is -0.469 e. The van der Waals surface area contributed by atoms with Crippen molar-refractivity contribution in [3.8, 4) is 0 Å². The predicted molar refractivity (Wildman–Crippen MR) is 85.7 cm³/mol. The van der Waals surface area contributed by atoms with Gasteiger partial charge in [0.1, 0.15) is 0 Å². The number of allylic oxidation sites excluding steroid dienone is 2. The Labute approximate surface area is 133 Å². The molecule has 2 aliphatic rings. The molecule has 0 heterocycles. The van der Waals surface area contributed by atoms with Crippen LogP contribution in [0, 0.1) is 17.8 Å². The second kappa shape index (κ2) is 7.59. The number of hydrogen-bond donors (Lipinski definition) is 1. The molecule has 0 aromatic heterocycles. The molecular weight excluding hydrogens is 302 g/mol. The monoisotopic (exact) mass is 329 g/mol. The molecule has 2 bridgehead atoms. The number of nitrogens with one attached hydrogen (secondary N) is 1. The van der Waals surface area contributed by atoms with Crippen molar-refractivity contribution in [1.29, 1.82) is 0 Å². The van der Waals surface area contributed by atoms with E-state index >= 15 is 0 Å². The average Bonchev–Trinajstić information content (AvgIpc) is 3.03. The standard InChI is InChI=1S/C16H27NO4S/c1-21-15(18)8-6-4-3-5-7-14-12-9-10-13(11-12)16(14)17-22(2,19)20/h3,5,12-14,16-17H,4,6-11H2,1-2H3/b5-3-. The van der Waals surface area contributed by atoms with Crippen molar-refractivity contribution in [2.24, 2.45) is 17.8 Å². The van der Waals surface area contributed by atoms with Gasteiger partial charge in [-0.15, -0.1) is 0 Å². The first-order valence-corrected chi connectivity index (χ1v) is 9.99. The zero-order chi connectivity index (χ0) is 16.2. The molecule has 0 aliphatic heterocycles. The first-order valence-electron chi connectivity index (χ1n) is 8.10. The Kier molecular flexibility index (Phi) is 6.03. The molecule has 22 heavy (non-hydrogen) atoms. The molecule has 0 aromatic rings. The van der Waals surface area contributed by atoms with E-state index in [0.717, 1.165) is 32.1 Å². The number of unbranched alkanes of at least 4 members (excludes halogenated alkanes) is 1. The Bertz CT molecular complexity index is 514. The van der Waals surface area contributed by atoms with E-state index in [0.29, 0.717) is 24.2 Å². The third-order valence-electron chi connectivity index (χ3n) is 4.99. The van der Waals surface area contributed by atoms with Crippen LogP contribution in [0.25, 0.3) is 0 Å². The van der Waals surface area contributed by atoms with E-state index in [1.54, 1.807) is 0 Å². The summed E-state index contributed by atoms with van der Waals surface area (Å²) < 4.78 is 30.5. The van der Waals surface area contributed by atoms with Crippen LogP contribution in [0.3, 0.4) is 0 Å². The minimum absolute atomic E-state index is 0.105. The number of esters is 1. The molecule has 2 fully saturated rings. The summed E-state index contributed by atoms with van der Waals surface area (Å²) in [4.78, 5) is 11.0. The number of rotatable bonds is 8. The van der Waals surface area contributed by atoms with E-state index in [1.165, 1.54) is 19.8 Å². The van der Waals surface area contributed by atoms with Crippen LogP contribution in [0.15, 0.2) is 12.2 Å². The van der Waals surface area contributed by atoms with Crippen molar-refractivity contribution >= 4 is 16.0 Å². The fourth-order valence-corrected chi connectivity index (χ4v) is 4.88. The summed E-state index contributed by atoms with van der Waals surface area (Å²) in [6, 6.07) is 0.105. The molecule has 0 radical (unpaired) electrons. The lowest BCUT2D eigenvalue weighted by Gasteiger charge is -2.30. The lowest BCUT2D eigenvalue weighted by Crippen LogP contribution is -2.43. The fraction of sp³-hybridized carbons (Fsp3) is 0.812. The molecule has 126 valence electrons. The van der Waals surface area contributed by atoms with Crippen molar-refractivity contribution in [2.45, 2.75) is 51.0 Å². The number of fused-ring (bicyclic) bond motifs is 2. The SMILES string of the molecule is COC(=O)CCC/C=C\CC1C2CCC(C2)C1NS(C)(=O)=O. The molecule has 6 heteroatoms. The van der Waals surface area contributed by atoms with Crippen molar-refractivity contribution in [3.05, 3.63) is 12.2 Å². The van der Waals surface area contributed by atoms with Crippen molar-refractivity contribution < 1.29 is 17.9 Å². The Balaban J connectivity index is 1.79. The summed E-state index contributed by atoms with van der Waals surface area (Å²) in [5.41, 5.74) is 0. The van der Waals surface area contributed by atoms with Crippen LogP contribution >= 0.6 is 0 Å². The van der Waals surface area contributed by atoms with Gasteiger partial charge < -0.3 is 4.74 Å². The first kappa shape index (κ1) is 17.5. The van der Waals surface area contributed by atoms with Gasteiger partial charge in [0.2, 0.25) is 10.0 Å². The number of hydrogen-bond acceptors (Lipinski definition) is 4. The van der Waals surface area contributed by atoms with E-state index in [4.69, 9.17) is 0 Å². The topological polar surface area (TPSA) is 72.5 Å². The maximum absolute atomic E-state index is 11.5. The van der Waals surface area contributed by atoms with Gasteiger partial charge in [0.15, 0.2) is 0 Å². The molecule has 5 nitrogen and oxygen atoms in total. The third kappa shape index (κ3) is 4.81. The average molecular weight is 329 g/mol. The van der Waals surface area contributed by atoms with Gasteiger partial charge in [-0.1, -0.05) is 12.2 Å². The Hall–Kier alpha value is -0.880. The third-order valence-corrected chi connectivity index (χ3v) is 5.69. The maximum Gasteiger partial charge on any atom is 0.305 e. The molecule has 0 amide bonds. The van der Waals surface area contributed by atoms with Gasteiger partial charge in [0.25, 0.3) is 0 Å². The van der Waals surface area contributed by atoms with Gasteiger partial charge in [0.05, 0.1) is 13.4 Å². The molecule has 2 aliphatic carbocycles. The number of carbonyl (C=O) groups is 1. The van der Waals surface area contributed by atoms with Crippen LogP contribution in [0.5, 0.6) is 0 Å². The summed E-state index contributed by atoms with van der Waals surface area (Å²) in [6.45, 7) is 0. The molecule has 4 unspecified atom stereocenters. The molecule has 0 spiro atoms. The molecule has 0 saturated heterocycles. The van der Waals surface area contributed by atoms with E-state index in [1.807, 2.05) is 0 Å².